The molecule has 0 aliphatic heterocycles. The molecule has 0 aliphatic rings. The van der Waals surface area contributed by atoms with Crippen molar-refractivity contribution in [2.75, 3.05) is 19.8 Å². The largest absolute Gasteiger partial charge is 0.457 e. The van der Waals surface area contributed by atoms with Gasteiger partial charge >= 0.3 is 5.97 Å². The zero-order valence-corrected chi connectivity index (χ0v) is 28.8. The van der Waals surface area contributed by atoms with E-state index in [4.69, 9.17) is 9.47 Å². The second kappa shape index (κ2) is 36.6. The fourth-order valence-electron chi connectivity index (χ4n) is 5.80. The number of carbonyl (C=O) groups excluding carboxylic acids is 1. The summed E-state index contributed by atoms with van der Waals surface area (Å²) in [6.07, 6.45) is 40.2. The van der Waals surface area contributed by atoms with E-state index in [9.17, 15) is 9.90 Å². The van der Waals surface area contributed by atoms with Crippen molar-refractivity contribution >= 4 is 5.97 Å². The van der Waals surface area contributed by atoms with E-state index in [1.54, 1.807) is 0 Å². The van der Waals surface area contributed by atoms with Crippen LogP contribution < -0.4 is 0 Å². The summed E-state index contributed by atoms with van der Waals surface area (Å²) < 4.78 is 11.0. The third kappa shape index (κ3) is 33.9. The molecule has 0 saturated carbocycles. The van der Waals surface area contributed by atoms with Crippen LogP contribution in [-0.2, 0) is 14.3 Å². The number of rotatable bonds is 36. The minimum absolute atomic E-state index is 0.165. The molecule has 0 fully saturated rings. The van der Waals surface area contributed by atoms with Crippen LogP contribution in [0.2, 0.25) is 0 Å². The van der Waals surface area contributed by atoms with Crippen molar-refractivity contribution in [1.29, 1.82) is 0 Å². The Kier molecular flexibility index (Phi) is 36.0. The molecule has 4 nitrogen and oxygen atoms in total. The van der Waals surface area contributed by atoms with Gasteiger partial charge in [-0.25, -0.2) is 0 Å². The van der Waals surface area contributed by atoms with Gasteiger partial charge in [-0.15, -0.1) is 0 Å². The summed E-state index contributed by atoms with van der Waals surface area (Å²) in [5.74, 6) is -0.197. The Labute approximate surface area is 263 Å². The highest BCUT2D eigenvalue weighted by Crippen LogP contribution is 2.16. The molecule has 1 N–H and O–H groups in total. The van der Waals surface area contributed by atoms with E-state index in [0.717, 1.165) is 19.3 Å². The maximum Gasteiger partial charge on any atom is 0.306 e. The number of esters is 1. The molecule has 4 heteroatoms. The summed E-state index contributed by atoms with van der Waals surface area (Å²) in [5.41, 5.74) is 0. The third-order valence-corrected chi connectivity index (χ3v) is 8.68. The highest BCUT2D eigenvalue weighted by atomic mass is 16.6. The Balaban J connectivity index is 3.30. The molecule has 252 valence electrons. The molecule has 1 unspecified atom stereocenters. The molecule has 42 heavy (non-hydrogen) atoms. The SMILES string of the molecule is CCCCCCCCCCCCCCCCCCCCCCCCCC(=O)OC(CO)COCCCCCCCCC. The fraction of sp³-hybridized carbons (Fsp3) is 0.974. The van der Waals surface area contributed by atoms with Gasteiger partial charge in [-0.3, -0.25) is 4.79 Å². The van der Waals surface area contributed by atoms with E-state index in [0.29, 0.717) is 19.6 Å². The van der Waals surface area contributed by atoms with Crippen molar-refractivity contribution in [3.63, 3.8) is 0 Å². The first kappa shape index (κ1) is 41.4. The molecule has 0 heterocycles. The van der Waals surface area contributed by atoms with E-state index in [-0.39, 0.29) is 12.6 Å². The van der Waals surface area contributed by atoms with Crippen LogP contribution in [0.4, 0.5) is 0 Å². The lowest BCUT2D eigenvalue weighted by Gasteiger charge is -2.15. The van der Waals surface area contributed by atoms with Crippen molar-refractivity contribution in [1.82, 2.24) is 0 Å². The van der Waals surface area contributed by atoms with Crippen LogP contribution in [-0.4, -0.2) is 37.0 Å². The molecule has 0 aliphatic carbocycles. The Bertz CT molecular complexity index is 509. The molecule has 0 spiro atoms. The fourth-order valence-corrected chi connectivity index (χ4v) is 5.80. The van der Waals surface area contributed by atoms with Gasteiger partial charge < -0.3 is 14.6 Å². The maximum atomic E-state index is 12.1. The molecule has 1 atom stereocenters. The van der Waals surface area contributed by atoms with Gasteiger partial charge in [-0.1, -0.05) is 194 Å². The second-order valence-electron chi connectivity index (χ2n) is 13.0. The lowest BCUT2D eigenvalue weighted by Crippen LogP contribution is -2.27. The topological polar surface area (TPSA) is 55.8 Å². The predicted molar refractivity (Wildman–Crippen MR) is 182 cm³/mol. The number of carbonyl (C=O) groups is 1. The smallest absolute Gasteiger partial charge is 0.306 e. The Hall–Kier alpha value is -0.610. The lowest BCUT2D eigenvalue weighted by atomic mass is 10.0. The molecule has 0 aromatic rings. The third-order valence-electron chi connectivity index (χ3n) is 8.68. The zero-order valence-electron chi connectivity index (χ0n) is 28.8. The molecule has 0 aromatic carbocycles. The highest BCUT2D eigenvalue weighted by molar-refractivity contribution is 5.69. The molecule has 0 bridgehead atoms. The van der Waals surface area contributed by atoms with Gasteiger partial charge in [-0.2, -0.15) is 0 Å². The molecular formula is C38H76O4. The van der Waals surface area contributed by atoms with E-state index in [1.807, 2.05) is 0 Å². The molecular weight excluding hydrogens is 520 g/mol. The molecule has 0 rings (SSSR count). The van der Waals surface area contributed by atoms with Gasteiger partial charge in [0.1, 0.15) is 6.10 Å². The van der Waals surface area contributed by atoms with Crippen LogP contribution in [0.15, 0.2) is 0 Å². The van der Waals surface area contributed by atoms with Crippen LogP contribution in [0.5, 0.6) is 0 Å². The normalized spacial score (nSPS) is 12.2. The minimum atomic E-state index is -0.522. The van der Waals surface area contributed by atoms with E-state index in [2.05, 4.69) is 13.8 Å². The standard InChI is InChI=1S/C38H76O4/c1-3-5-7-9-11-12-13-14-15-16-17-18-19-20-21-22-23-24-25-26-27-29-31-33-38(40)42-37(35-39)36-41-34-32-30-28-10-8-6-4-2/h37,39H,3-36H2,1-2H3. The summed E-state index contributed by atoms with van der Waals surface area (Å²) in [4.78, 5) is 12.1. The Morgan fingerprint density at radius 2 is 0.786 bits per heavy atom. The number of ether oxygens (including phenoxy) is 2. The van der Waals surface area contributed by atoms with Crippen molar-refractivity contribution in [3.8, 4) is 0 Å². The van der Waals surface area contributed by atoms with Gasteiger partial charge in [0.05, 0.1) is 13.2 Å². The highest BCUT2D eigenvalue weighted by Gasteiger charge is 2.13. The predicted octanol–water partition coefficient (Wildman–Crippen LogP) is 12.0. The number of aliphatic hydroxyl groups excluding tert-OH is 1. The van der Waals surface area contributed by atoms with Crippen LogP contribution in [0.3, 0.4) is 0 Å². The summed E-state index contributed by atoms with van der Waals surface area (Å²) in [5, 5.41) is 9.50. The molecule has 0 aromatic heterocycles. The Morgan fingerprint density at radius 3 is 1.12 bits per heavy atom. The van der Waals surface area contributed by atoms with Gasteiger partial charge in [0, 0.05) is 13.0 Å². The first-order chi connectivity index (χ1) is 20.7. The van der Waals surface area contributed by atoms with Gasteiger partial charge in [0.25, 0.3) is 0 Å². The van der Waals surface area contributed by atoms with Gasteiger partial charge in [0.2, 0.25) is 0 Å². The Morgan fingerprint density at radius 1 is 0.476 bits per heavy atom. The summed E-state index contributed by atoms with van der Waals surface area (Å²) in [6, 6.07) is 0. The monoisotopic (exact) mass is 597 g/mol. The molecule has 0 amide bonds. The van der Waals surface area contributed by atoms with Crippen molar-refractivity contribution in [2.45, 2.75) is 219 Å². The van der Waals surface area contributed by atoms with Gasteiger partial charge in [0.15, 0.2) is 0 Å². The minimum Gasteiger partial charge on any atom is -0.457 e. The van der Waals surface area contributed by atoms with E-state index < -0.39 is 6.10 Å². The average Bonchev–Trinajstić information content (AvgIpc) is 3.00. The lowest BCUT2D eigenvalue weighted by molar-refractivity contribution is -0.154. The molecule has 0 radical (unpaired) electrons. The zero-order chi connectivity index (χ0) is 30.6. The molecule has 0 saturated heterocycles. The maximum absolute atomic E-state index is 12.1. The van der Waals surface area contributed by atoms with Gasteiger partial charge in [-0.05, 0) is 12.8 Å². The second-order valence-corrected chi connectivity index (χ2v) is 13.0. The summed E-state index contributed by atoms with van der Waals surface area (Å²) in [7, 11) is 0. The van der Waals surface area contributed by atoms with Crippen molar-refractivity contribution < 1.29 is 19.4 Å². The number of hydrogen-bond donors (Lipinski definition) is 1. The van der Waals surface area contributed by atoms with Crippen LogP contribution >= 0.6 is 0 Å². The number of hydrogen-bond acceptors (Lipinski definition) is 4. The van der Waals surface area contributed by atoms with Crippen molar-refractivity contribution in [2.24, 2.45) is 0 Å². The average molecular weight is 597 g/mol. The van der Waals surface area contributed by atoms with Crippen molar-refractivity contribution in [3.05, 3.63) is 0 Å². The van der Waals surface area contributed by atoms with E-state index >= 15 is 0 Å². The summed E-state index contributed by atoms with van der Waals surface area (Å²) >= 11 is 0. The van der Waals surface area contributed by atoms with Crippen LogP contribution in [0, 0.1) is 0 Å². The van der Waals surface area contributed by atoms with Crippen LogP contribution in [0.25, 0.3) is 0 Å². The number of unbranched alkanes of at least 4 members (excludes halogenated alkanes) is 28. The van der Waals surface area contributed by atoms with E-state index in [1.165, 1.54) is 173 Å². The first-order valence-corrected chi connectivity index (χ1v) is 19.1. The van der Waals surface area contributed by atoms with Crippen LogP contribution in [0.1, 0.15) is 213 Å². The summed E-state index contributed by atoms with van der Waals surface area (Å²) in [6.45, 7) is 5.35. The quantitative estimate of drug-likeness (QED) is 0.0577. The number of aliphatic hydroxyl groups is 1. The first-order valence-electron chi connectivity index (χ1n) is 19.1.